The standard InChI is InChI=1S/C19H16N2O5S/c1-14(22)21-15-8-10-18(11-9-15)27(23,24)26-17-6-4-5-16(13-17)25-19-7-2-3-12-20-19/h2-13H,1H3,(H,21,22). The van der Waals surface area contributed by atoms with Crippen molar-refractivity contribution in [1.82, 2.24) is 4.98 Å². The van der Waals surface area contributed by atoms with Crippen molar-refractivity contribution < 1.29 is 22.1 Å². The highest BCUT2D eigenvalue weighted by Crippen LogP contribution is 2.26. The summed E-state index contributed by atoms with van der Waals surface area (Å²) in [7, 11) is -4.03. The molecule has 0 saturated heterocycles. The predicted molar refractivity (Wildman–Crippen MR) is 99.3 cm³/mol. The molecule has 0 saturated carbocycles. The monoisotopic (exact) mass is 384 g/mol. The average Bonchev–Trinajstić information content (AvgIpc) is 2.62. The van der Waals surface area contributed by atoms with Crippen molar-refractivity contribution in [3.05, 3.63) is 72.9 Å². The van der Waals surface area contributed by atoms with Crippen LogP contribution < -0.4 is 14.2 Å². The number of hydrogen-bond donors (Lipinski definition) is 1. The Bertz CT molecular complexity index is 1040. The maximum Gasteiger partial charge on any atom is 0.339 e. The van der Waals surface area contributed by atoms with E-state index < -0.39 is 10.1 Å². The number of ether oxygens (including phenoxy) is 1. The molecular weight excluding hydrogens is 368 g/mol. The second-order valence-electron chi connectivity index (χ2n) is 5.49. The van der Waals surface area contributed by atoms with E-state index in [1.54, 1.807) is 36.5 Å². The maximum absolute atomic E-state index is 12.4. The summed E-state index contributed by atoms with van der Waals surface area (Å²) in [6.07, 6.45) is 1.59. The Balaban J connectivity index is 1.75. The Morgan fingerprint density at radius 1 is 0.963 bits per heavy atom. The quantitative estimate of drug-likeness (QED) is 0.653. The molecule has 0 spiro atoms. The molecule has 3 rings (SSSR count). The summed E-state index contributed by atoms with van der Waals surface area (Å²) in [5, 5.41) is 2.57. The lowest BCUT2D eigenvalue weighted by molar-refractivity contribution is -0.114. The maximum atomic E-state index is 12.4. The molecule has 0 bridgehead atoms. The number of pyridine rings is 1. The van der Waals surface area contributed by atoms with E-state index in [0.717, 1.165) is 0 Å². The van der Waals surface area contributed by atoms with E-state index in [4.69, 9.17) is 8.92 Å². The summed E-state index contributed by atoms with van der Waals surface area (Å²) < 4.78 is 35.6. The first-order valence-corrected chi connectivity index (χ1v) is 9.34. The predicted octanol–water partition coefficient (Wildman–Crippen LogP) is 3.60. The van der Waals surface area contributed by atoms with Crippen molar-refractivity contribution in [3.63, 3.8) is 0 Å². The van der Waals surface area contributed by atoms with Gasteiger partial charge in [0.05, 0.1) is 0 Å². The van der Waals surface area contributed by atoms with Crippen LogP contribution in [0.15, 0.2) is 77.8 Å². The van der Waals surface area contributed by atoms with Crippen LogP contribution in [-0.2, 0) is 14.9 Å². The fraction of sp³-hybridized carbons (Fsp3) is 0.0526. The van der Waals surface area contributed by atoms with E-state index >= 15 is 0 Å². The highest BCUT2D eigenvalue weighted by atomic mass is 32.2. The molecule has 1 N–H and O–H groups in total. The first-order chi connectivity index (χ1) is 12.9. The van der Waals surface area contributed by atoms with Gasteiger partial charge in [0.1, 0.15) is 16.4 Å². The number of carbonyl (C=O) groups excluding carboxylic acids is 1. The number of amides is 1. The molecule has 27 heavy (non-hydrogen) atoms. The first-order valence-electron chi connectivity index (χ1n) is 7.93. The molecule has 0 atom stereocenters. The summed E-state index contributed by atoms with van der Waals surface area (Å²) in [4.78, 5) is 15.0. The molecule has 0 aliphatic carbocycles. The minimum atomic E-state index is -4.03. The average molecular weight is 384 g/mol. The van der Waals surface area contributed by atoms with Crippen LogP contribution >= 0.6 is 0 Å². The SMILES string of the molecule is CC(=O)Nc1ccc(S(=O)(=O)Oc2cccc(Oc3ccccn3)c2)cc1. The van der Waals surface area contributed by atoms with E-state index in [0.29, 0.717) is 17.3 Å². The van der Waals surface area contributed by atoms with Crippen LogP contribution in [0.2, 0.25) is 0 Å². The number of aromatic nitrogens is 1. The van der Waals surface area contributed by atoms with E-state index in [9.17, 15) is 13.2 Å². The zero-order valence-corrected chi connectivity index (χ0v) is 15.1. The van der Waals surface area contributed by atoms with Gasteiger partial charge in [-0.15, -0.1) is 0 Å². The zero-order valence-electron chi connectivity index (χ0n) is 14.3. The first kappa shape index (κ1) is 18.4. The molecule has 0 aliphatic rings. The van der Waals surface area contributed by atoms with Crippen molar-refractivity contribution in [3.8, 4) is 17.4 Å². The second kappa shape index (κ2) is 7.88. The zero-order chi connectivity index (χ0) is 19.3. The Morgan fingerprint density at radius 3 is 2.37 bits per heavy atom. The van der Waals surface area contributed by atoms with Crippen LogP contribution in [0.4, 0.5) is 5.69 Å². The molecule has 7 nitrogen and oxygen atoms in total. The summed E-state index contributed by atoms with van der Waals surface area (Å²) >= 11 is 0. The van der Waals surface area contributed by atoms with Crippen molar-refractivity contribution in [1.29, 1.82) is 0 Å². The van der Waals surface area contributed by atoms with Crippen LogP contribution in [0.5, 0.6) is 17.4 Å². The van der Waals surface area contributed by atoms with Crippen LogP contribution in [0.25, 0.3) is 0 Å². The van der Waals surface area contributed by atoms with Crippen molar-refractivity contribution in [2.45, 2.75) is 11.8 Å². The van der Waals surface area contributed by atoms with E-state index in [-0.39, 0.29) is 16.6 Å². The van der Waals surface area contributed by atoms with Gasteiger partial charge in [-0.2, -0.15) is 8.42 Å². The van der Waals surface area contributed by atoms with Crippen LogP contribution in [0.3, 0.4) is 0 Å². The smallest absolute Gasteiger partial charge is 0.339 e. The van der Waals surface area contributed by atoms with Gasteiger partial charge in [0.2, 0.25) is 11.8 Å². The molecule has 3 aromatic rings. The highest BCUT2D eigenvalue weighted by Gasteiger charge is 2.17. The van der Waals surface area contributed by atoms with Gasteiger partial charge in [0.25, 0.3) is 0 Å². The third kappa shape index (κ3) is 5.05. The summed E-state index contributed by atoms with van der Waals surface area (Å²) in [6, 6.07) is 17.1. The molecule has 138 valence electrons. The van der Waals surface area contributed by atoms with E-state index in [1.807, 2.05) is 0 Å². The Hall–Kier alpha value is -3.39. The number of rotatable bonds is 6. The lowest BCUT2D eigenvalue weighted by Gasteiger charge is -2.10. The minimum absolute atomic E-state index is 0.0346. The van der Waals surface area contributed by atoms with Crippen LogP contribution in [0, 0.1) is 0 Å². The molecule has 0 aliphatic heterocycles. The fourth-order valence-corrected chi connectivity index (χ4v) is 3.12. The summed E-state index contributed by atoms with van der Waals surface area (Å²) in [6.45, 7) is 1.37. The Morgan fingerprint density at radius 2 is 1.70 bits per heavy atom. The second-order valence-corrected chi connectivity index (χ2v) is 7.03. The molecule has 1 amide bonds. The third-order valence-corrected chi connectivity index (χ3v) is 4.60. The molecule has 1 aromatic heterocycles. The minimum Gasteiger partial charge on any atom is -0.439 e. The number of hydrogen-bond acceptors (Lipinski definition) is 6. The van der Waals surface area contributed by atoms with Crippen molar-refractivity contribution >= 4 is 21.7 Å². The normalized spacial score (nSPS) is 10.9. The van der Waals surface area contributed by atoms with Crippen molar-refractivity contribution in [2.75, 3.05) is 5.32 Å². The molecular formula is C19H16N2O5S. The van der Waals surface area contributed by atoms with E-state index in [2.05, 4.69) is 10.3 Å². The number of nitrogens with one attached hydrogen (secondary N) is 1. The number of anilines is 1. The fourth-order valence-electron chi connectivity index (χ4n) is 2.20. The highest BCUT2D eigenvalue weighted by molar-refractivity contribution is 7.87. The number of carbonyl (C=O) groups is 1. The lowest BCUT2D eigenvalue weighted by atomic mass is 10.3. The van der Waals surface area contributed by atoms with E-state index in [1.165, 1.54) is 43.3 Å². The van der Waals surface area contributed by atoms with Crippen LogP contribution in [0.1, 0.15) is 6.92 Å². The number of benzene rings is 2. The largest absolute Gasteiger partial charge is 0.439 e. The Kier molecular flexibility index (Phi) is 5.37. The van der Waals surface area contributed by atoms with Gasteiger partial charge in [0.15, 0.2) is 0 Å². The van der Waals surface area contributed by atoms with Crippen LogP contribution in [-0.4, -0.2) is 19.3 Å². The molecule has 0 fully saturated rings. The molecule has 0 radical (unpaired) electrons. The van der Waals surface area contributed by atoms with Gasteiger partial charge in [-0.05, 0) is 42.5 Å². The Labute approximate surface area is 156 Å². The molecule has 1 heterocycles. The van der Waals surface area contributed by atoms with Crippen molar-refractivity contribution in [2.24, 2.45) is 0 Å². The van der Waals surface area contributed by atoms with Gasteiger partial charge >= 0.3 is 10.1 Å². The summed E-state index contributed by atoms with van der Waals surface area (Å²) in [5.41, 5.74) is 0.493. The molecule has 2 aromatic carbocycles. The third-order valence-electron chi connectivity index (χ3n) is 3.33. The topological polar surface area (TPSA) is 94.6 Å². The van der Waals surface area contributed by atoms with Gasteiger partial charge in [0, 0.05) is 30.9 Å². The van der Waals surface area contributed by atoms with Gasteiger partial charge in [-0.25, -0.2) is 4.98 Å². The lowest BCUT2D eigenvalue weighted by Crippen LogP contribution is -2.10. The van der Waals surface area contributed by atoms with Gasteiger partial charge < -0.3 is 14.2 Å². The summed E-state index contributed by atoms with van der Waals surface area (Å²) in [5.74, 6) is 0.634. The van der Waals surface area contributed by atoms with Gasteiger partial charge in [-0.1, -0.05) is 12.1 Å². The molecule has 0 unspecified atom stereocenters. The molecule has 8 heteroatoms. The number of nitrogens with zero attached hydrogens (tertiary/aromatic N) is 1. The van der Waals surface area contributed by atoms with Gasteiger partial charge in [-0.3, -0.25) is 4.79 Å².